The minimum absolute atomic E-state index is 0.179. The number of rotatable bonds is 5. The van der Waals surface area contributed by atoms with Crippen molar-refractivity contribution >= 4 is 5.78 Å². The van der Waals surface area contributed by atoms with E-state index >= 15 is 0 Å². The van der Waals surface area contributed by atoms with Gasteiger partial charge in [0.25, 0.3) is 0 Å². The van der Waals surface area contributed by atoms with Gasteiger partial charge in [-0.05, 0) is 25.3 Å². The maximum atomic E-state index is 12.6. The van der Waals surface area contributed by atoms with Gasteiger partial charge < -0.3 is 4.74 Å². The minimum atomic E-state index is 0.179. The Bertz CT molecular complexity index is 423. The van der Waals surface area contributed by atoms with E-state index < -0.39 is 0 Å². The molecule has 1 aromatic rings. The van der Waals surface area contributed by atoms with Crippen LogP contribution in [0, 0.1) is 5.92 Å². The lowest BCUT2D eigenvalue weighted by Crippen LogP contribution is -2.16. The number of ether oxygens (including phenoxy) is 1. The van der Waals surface area contributed by atoms with Crippen molar-refractivity contribution in [3.63, 3.8) is 0 Å². The summed E-state index contributed by atoms with van der Waals surface area (Å²) in [6.07, 6.45) is 12.6. The summed E-state index contributed by atoms with van der Waals surface area (Å²) in [5, 5.41) is 0. The maximum absolute atomic E-state index is 12.6. The van der Waals surface area contributed by atoms with E-state index in [1.165, 1.54) is 32.1 Å². The highest BCUT2D eigenvalue weighted by Crippen LogP contribution is 2.26. The van der Waals surface area contributed by atoms with Gasteiger partial charge in [0.2, 0.25) is 0 Å². The monoisotopic (exact) mass is 275 g/mol. The predicted molar refractivity (Wildman–Crippen MR) is 80.2 cm³/mol. The molecule has 0 spiro atoms. The Hall–Kier alpha value is -1.38. The molecule has 1 heterocycles. The van der Waals surface area contributed by atoms with Crippen molar-refractivity contribution in [2.45, 2.75) is 58.3 Å². The average Bonchev–Trinajstić information content (AvgIpc) is 2.44. The number of Topliss-reactive ketones (excluding diaryl/α,β-unsaturated/α-hetero) is 1. The van der Waals surface area contributed by atoms with Crippen molar-refractivity contribution < 1.29 is 9.53 Å². The molecule has 1 saturated carbocycles. The molecule has 0 radical (unpaired) electrons. The van der Waals surface area contributed by atoms with Gasteiger partial charge in [0.05, 0.1) is 12.8 Å². The summed E-state index contributed by atoms with van der Waals surface area (Å²) in [5.41, 5.74) is 0.712. The highest BCUT2D eigenvalue weighted by molar-refractivity contribution is 5.97. The molecule has 20 heavy (non-hydrogen) atoms. The summed E-state index contributed by atoms with van der Waals surface area (Å²) >= 11 is 0. The van der Waals surface area contributed by atoms with Gasteiger partial charge in [-0.2, -0.15) is 0 Å². The van der Waals surface area contributed by atoms with Crippen molar-refractivity contribution in [2.75, 3.05) is 6.61 Å². The van der Waals surface area contributed by atoms with Crippen LogP contribution in [-0.4, -0.2) is 17.4 Å². The van der Waals surface area contributed by atoms with Gasteiger partial charge in [-0.3, -0.25) is 9.78 Å². The summed E-state index contributed by atoms with van der Waals surface area (Å²) in [6.45, 7) is 2.74. The molecule has 0 aromatic carbocycles. The first kappa shape index (κ1) is 15.0. The molecule has 1 aliphatic carbocycles. The van der Waals surface area contributed by atoms with Gasteiger partial charge in [-0.1, -0.05) is 39.0 Å². The highest BCUT2D eigenvalue weighted by Gasteiger charge is 2.21. The van der Waals surface area contributed by atoms with Gasteiger partial charge >= 0.3 is 0 Å². The van der Waals surface area contributed by atoms with Gasteiger partial charge in [0.1, 0.15) is 5.75 Å². The number of carbonyl (C=O) groups is 1. The Morgan fingerprint density at radius 1 is 1.20 bits per heavy atom. The van der Waals surface area contributed by atoms with E-state index in [0.717, 1.165) is 19.3 Å². The Labute approximate surface area is 121 Å². The van der Waals surface area contributed by atoms with Crippen molar-refractivity contribution in [3.8, 4) is 5.75 Å². The van der Waals surface area contributed by atoms with E-state index in [1.54, 1.807) is 12.4 Å². The van der Waals surface area contributed by atoms with Crippen LogP contribution in [0.4, 0.5) is 0 Å². The fourth-order valence-corrected chi connectivity index (χ4v) is 2.81. The predicted octanol–water partition coefficient (Wildman–Crippen LogP) is 4.41. The Morgan fingerprint density at radius 3 is 2.60 bits per heavy atom. The molecule has 0 unspecified atom stereocenters. The van der Waals surface area contributed by atoms with Crippen LogP contribution in [0.2, 0.25) is 0 Å². The van der Waals surface area contributed by atoms with Crippen LogP contribution in [0.5, 0.6) is 5.75 Å². The first-order chi connectivity index (χ1) is 9.81. The Kier molecular flexibility index (Phi) is 6.03. The van der Waals surface area contributed by atoms with Crippen LogP contribution in [-0.2, 0) is 0 Å². The summed E-state index contributed by atoms with van der Waals surface area (Å²) in [7, 11) is 0. The van der Waals surface area contributed by atoms with Gasteiger partial charge in [-0.25, -0.2) is 0 Å². The van der Waals surface area contributed by atoms with Crippen LogP contribution in [0.15, 0.2) is 18.5 Å². The number of pyridine rings is 1. The number of nitrogens with zero attached hydrogens (tertiary/aromatic N) is 1. The van der Waals surface area contributed by atoms with Gasteiger partial charge in [0, 0.05) is 17.7 Å². The first-order valence-electron chi connectivity index (χ1n) is 7.93. The minimum Gasteiger partial charge on any atom is -0.492 e. The molecule has 2 rings (SSSR count). The van der Waals surface area contributed by atoms with Gasteiger partial charge in [-0.15, -0.1) is 0 Å². The Morgan fingerprint density at radius 2 is 1.90 bits per heavy atom. The van der Waals surface area contributed by atoms with Crippen LogP contribution < -0.4 is 4.74 Å². The SMILES string of the molecule is CCCOc1cncc(C(=O)C2CCCCCCC2)c1. The van der Waals surface area contributed by atoms with Crippen molar-refractivity contribution in [1.29, 1.82) is 0 Å². The third kappa shape index (κ3) is 4.32. The quantitative estimate of drug-likeness (QED) is 0.747. The zero-order valence-electron chi connectivity index (χ0n) is 12.4. The zero-order valence-corrected chi connectivity index (χ0v) is 12.4. The van der Waals surface area contributed by atoms with Crippen LogP contribution in [0.1, 0.15) is 68.6 Å². The molecule has 0 saturated heterocycles. The van der Waals surface area contributed by atoms with E-state index in [-0.39, 0.29) is 11.7 Å². The first-order valence-corrected chi connectivity index (χ1v) is 7.93. The lowest BCUT2D eigenvalue weighted by atomic mass is 9.86. The second kappa shape index (κ2) is 8.03. The van der Waals surface area contributed by atoms with Crippen LogP contribution in [0.3, 0.4) is 0 Å². The molecular weight excluding hydrogens is 250 g/mol. The summed E-state index contributed by atoms with van der Waals surface area (Å²) < 4.78 is 5.56. The van der Waals surface area contributed by atoms with E-state index in [1.807, 2.05) is 6.07 Å². The van der Waals surface area contributed by atoms with Gasteiger partial charge in [0.15, 0.2) is 5.78 Å². The summed E-state index contributed by atoms with van der Waals surface area (Å²) in [4.78, 5) is 16.7. The highest BCUT2D eigenvalue weighted by atomic mass is 16.5. The fourth-order valence-electron chi connectivity index (χ4n) is 2.81. The molecule has 1 aliphatic rings. The molecule has 0 amide bonds. The van der Waals surface area contributed by atoms with Crippen molar-refractivity contribution in [3.05, 3.63) is 24.0 Å². The van der Waals surface area contributed by atoms with E-state index in [4.69, 9.17) is 4.74 Å². The zero-order chi connectivity index (χ0) is 14.2. The molecule has 0 bridgehead atoms. The molecule has 110 valence electrons. The molecule has 1 fully saturated rings. The third-order valence-electron chi connectivity index (χ3n) is 3.95. The van der Waals surface area contributed by atoms with Crippen LogP contribution in [0.25, 0.3) is 0 Å². The lowest BCUT2D eigenvalue weighted by Gasteiger charge is -2.18. The smallest absolute Gasteiger partial charge is 0.167 e. The van der Waals surface area contributed by atoms with Crippen LogP contribution >= 0.6 is 0 Å². The normalized spacial score (nSPS) is 17.2. The topological polar surface area (TPSA) is 39.2 Å². The van der Waals surface area contributed by atoms with E-state index in [9.17, 15) is 4.79 Å². The molecule has 1 aromatic heterocycles. The molecule has 3 nitrogen and oxygen atoms in total. The average molecular weight is 275 g/mol. The van der Waals surface area contributed by atoms with Crippen molar-refractivity contribution in [1.82, 2.24) is 4.98 Å². The number of carbonyl (C=O) groups excluding carboxylic acids is 1. The standard InChI is InChI=1S/C17H25NO2/c1-2-10-20-16-11-15(12-18-13-16)17(19)14-8-6-4-3-5-7-9-14/h11-14H,2-10H2,1H3. The molecule has 3 heteroatoms. The van der Waals surface area contributed by atoms with Crippen molar-refractivity contribution in [2.24, 2.45) is 5.92 Å². The second-order valence-electron chi connectivity index (χ2n) is 5.66. The molecular formula is C17H25NO2. The molecule has 0 atom stereocenters. The molecule has 0 N–H and O–H groups in total. The Balaban J connectivity index is 2.02. The van der Waals surface area contributed by atoms with E-state index in [2.05, 4.69) is 11.9 Å². The molecule has 0 aliphatic heterocycles. The summed E-state index contributed by atoms with van der Waals surface area (Å²) in [6, 6.07) is 1.85. The fraction of sp³-hybridized carbons (Fsp3) is 0.647. The maximum Gasteiger partial charge on any atom is 0.167 e. The van der Waals surface area contributed by atoms with E-state index in [0.29, 0.717) is 17.9 Å². The number of aromatic nitrogens is 1. The number of hydrogen-bond donors (Lipinski definition) is 0. The number of hydrogen-bond acceptors (Lipinski definition) is 3. The lowest BCUT2D eigenvalue weighted by molar-refractivity contribution is 0.0897. The third-order valence-corrected chi connectivity index (χ3v) is 3.95. The largest absolute Gasteiger partial charge is 0.492 e. The number of ketones is 1. The summed E-state index contributed by atoms with van der Waals surface area (Å²) in [5.74, 6) is 1.14. The second-order valence-corrected chi connectivity index (χ2v) is 5.66.